The molecule has 0 saturated carbocycles. The molecule has 1 amide bonds. The van der Waals surface area contributed by atoms with Crippen LogP contribution in [0.15, 0.2) is 60.3 Å². The van der Waals surface area contributed by atoms with Gasteiger partial charge in [0, 0.05) is 27.9 Å². The van der Waals surface area contributed by atoms with E-state index in [9.17, 15) is 4.79 Å². The number of rotatable bonds is 8. The molecule has 0 spiro atoms. The highest BCUT2D eigenvalue weighted by Crippen LogP contribution is 2.28. The van der Waals surface area contributed by atoms with Crippen LogP contribution in [0.25, 0.3) is 0 Å². The van der Waals surface area contributed by atoms with Crippen LogP contribution in [0, 0.1) is 6.92 Å². The van der Waals surface area contributed by atoms with Crippen molar-refractivity contribution in [1.82, 2.24) is 20.1 Å². The van der Waals surface area contributed by atoms with Crippen molar-refractivity contribution in [3.05, 3.63) is 87.7 Å². The first-order chi connectivity index (χ1) is 14.0. The van der Waals surface area contributed by atoms with E-state index >= 15 is 0 Å². The molecule has 5 nitrogen and oxygen atoms in total. The predicted molar refractivity (Wildman–Crippen MR) is 119 cm³/mol. The van der Waals surface area contributed by atoms with Crippen LogP contribution in [0.2, 0.25) is 10.0 Å². The average molecular weight is 447 g/mol. The number of nitrogens with one attached hydrogen (secondary N) is 1. The summed E-state index contributed by atoms with van der Waals surface area (Å²) in [6.45, 7) is 6.53. The first-order valence-corrected chi connectivity index (χ1v) is 10.7. The van der Waals surface area contributed by atoms with E-state index < -0.39 is 0 Å². The van der Waals surface area contributed by atoms with Gasteiger partial charge in [-0.15, -0.1) is 16.8 Å². The fraction of sp³-hybridized carbons (Fsp3) is 0.190. The third-order valence-corrected chi connectivity index (χ3v) is 5.88. The third kappa shape index (κ3) is 5.41. The van der Waals surface area contributed by atoms with Crippen LogP contribution in [-0.2, 0) is 18.8 Å². The van der Waals surface area contributed by atoms with Crippen molar-refractivity contribution < 1.29 is 4.79 Å². The molecular weight excluding hydrogens is 427 g/mol. The van der Waals surface area contributed by atoms with Crippen molar-refractivity contribution >= 4 is 40.9 Å². The van der Waals surface area contributed by atoms with Crippen molar-refractivity contribution in [2.24, 2.45) is 0 Å². The number of hydrogen-bond donors (Lipinski definition) is 1. The summed E-state index contributed by atoms with van der Waals surface area (Å²) in [4.78, 5) is 12.5. The van der Waals surface area contributed by atoms with Gasteiger partial charge in [0.25, 0.3) is 5.91 Å². The standard InChI is InChI=1S/C21H20Cl2N4OS/c1-3-10-27-19(12-24-20(28)17-7-5-4-6-14(17)2)25-26-21(27)29-13-15-8-9-16(22)11-18(15)23/h3-9,11H,1,10,12-13H2,2H3,(H,24,28). The van der Waals surface area contributed by atoms with E-state index in [0.29, 0.717) is 33.7 Å². The molecule has 1 heterocycles. The number of aryl methyl sites for hydroxylation is 1. The fourth-order valence-electron chi connectivity index (χ4n) is 2.73. The lowest BCUT2D eigenvalue weighted by atomic mass is 10.1. The highest BCUT2D eigenvalue weighted by atomic mass is 35.5. The summed E-state index contributed by atoms with van der Waals surface area (Å²) in [5, 5.41) is 13.4. The van der Waals surface area contributed by atoms with E-state index in [1.807, 2.05) is 41.8 Å². The minimum atomic E-state index is -0.140. The predicted octanol–water partition coefficient (Wildman–Crippen LogP) is 5.30. The number of thioether (sulfide) groups is 1. The number of halogens is 2. The van der Waals surface area contributed by atoms with Crippen LogP contribution in [0.1, 0.15) is 27.3 Å². The van der Waals surface area contributed by atoms with E-state index in [2.05, 4.69) is 22.1 Å². The quantitative estimate of drug-likeness (QED) is 0.376. The lowest BCUT2D eigenvalue weighted by Crippen LogP contribution is -2.25. The summed E-state index contributed by atoms with van der Waals surface area (Å²) >= 11 is 13.7. The molecule has 0 bridgehead atoms. The number of benzene rings is 2. The molecule has 0 fully saturated rings. The van der Waals surface area contributed by atoms with Gasteiger partial charge in [0.15, 0.2) is 11.0 Å². The van der Waals surface area contributed by atoms with Gasteiger partial charge in [0.05, 0.1) is 6.54 Å². The average Bonchev–Trinajstić information content (AvgIpc) is 3.08. The summed E-state index contributed by atoms with van der Waals surface area (Å²) in [6.07, 6.45) is 1.77. The van der Waals surface area contributed by atoms with Gasteiger partial charge in [-0.1, -0.05) is 65.3 Å². The Bertz CT molecular complexity index is 1040. The summed E-state index contributed by atoms with van der Waals surface area (Å²) in [5.74, 6) is 1.15. The van der Waals surface area contributed by atoms with E-state index in [-0.39, 0.29) is 12.5 Å². The molecule has 0 saturated heterocycles. The largest absolute Gasteiger partial charge is 0.345 e. The molecule has 1 N–H and O–H groups in total. The second-order valence-corrected chi connectivity index (χ2v) is 8.11. The molecule has 0 aliphatic rings. The summed E-state index contributed by atoms with van der Waals surface area (Å²) in [6, 6.07) is 12.9. The Hall–Kier alpha value is -2.28. The number of aromatic nitrogens is 3. The minimum absolute atomic E-state index is 0.140. The third-order valence-electron chi connectivity index (χ3n) is 4.27. The zero-order valence-electron chi connectivity index (χ0n) is 15.9. The van der Waals surface area contributed by atoms with E-state index in [1.54, 1.807) is 18.2 Å². The Kier molecular flexibility index (Phi) is 7.36. The Balaban J connectivity index is 1.70. The van der Waals surface area contributed by atoms with Gasteiger partial charge in [-0.3, -0.25) is 4.79 Å². The lowest BCUT2D eigenvalue weighted by Gasteiger charge is -2.10. The molecule has 3 aromatic rings. The molecule has 29 heavy (non-hydrogen) atoms. The summed E-state index contributed by atoms with van der Waals surface area (Å²) < 4.78 is 1.93. The molecule has 0 unspecified atom stereocenters. The second kappa shape index (κ2) is 9.96. The van der Waals surface area contributed by atoms with Gasteiger partial charge in [-0.25, -0.2) is 0 Å². The normalized spacial score (nSPS) is 10.7. The van der Waals surface area contributed by atoms with Crippen molar-refractivity contribution in [2.45, 2.75) is 30.9 Å². The SMILES string of the molecule is C=CCn1c(CNC(=O)c2ccccc2C)nnc1SCc1ccc(Cl)cc1Cl. The molecule has 0 radical (unpaired) electrons. The zero-order chi connectivity index (χ0) is 20.8. The molecule has 1 aromatic heterocycles. The van der Waals surface area contributed by atoms with E-state index in [1.165, 1.54) is 11.8 Å². The van der Waals surface area contributed by atoms with Gasteiger partial charge in [-0.2, -0.15) is 0 Å². The van der Waals surface area contributed by atoms with Crippen molar-refractivity contribution in [3.8, 4) is 0 Å². The van der Waals surface area contributed by atoms with Gasteiger partial charge in [0.2, 0.25) is 0 Å². The second-order valence-electron chi connectivity index (χ2n) is 6.32. The number of carbonyl (C=O) groups is 1. The number of carbonyl (C=O) groups excluding carboxylic acids is 1. The molecule has 0 atom stereocenters. The molecule has 150 valence electrons. The lowest BCUT2D eigenvalue weighted by molar-refractivity contribution is 0.0949. The molecule has 3 rings (SSSR count). The molecule has 0 aliphatic heterocycles. The van der Waals surface area contributed by atoms with Gasteiger partial charge < -0.3 is 9.88 Å². The number of amides is 1. The highest BCUT2D eigenvalue weighted by molar-refractivity contribution is 7.98. The monoisotopic (exact) mass is 446 g/mol. The summed E-state index contributed by atoms with van der Waals surface area (Å²) in [5.41, 5.74) is 2.53. The van der Waals surface area contributed by atoms with Crippen LogP contribution >= 0.6 is 35.0 Å². The Morgan fingerprint density at radius 3 is 2.76 bits per heavy atom. The first kappa shape index (κ1) is 21.4. The summed E-state index contributed by atoms with van der Waals surface area (Å²) in [7, 11) is 0. The number of nitrogens with zero attached hydrogens (tertiary/aromatic N) is 3. The van der Waals surface area contributed by atoms with Crippen molar-refractivity contribution in [1.29, 1.82) is 0 Å². The van der Waals surface area contributed by atoms with Gasteiger partial charge in [-0.05, 0) is 36.2 Å². The maximum atomic E-state index is 12.5. The van der Waals surface area contributed by atoms with Gasteiger partial charge in [0.1, 0.15) is 0 Å². The maximum absolute atomic E-state index is 12.5. The minimum Gasteiger partial charge on any atom is -0.345 e. The fourth-order valence-corrected chi connectivity index (χ4v) is 4.26. The maximum Gasteiger partial charge on any atom is 0.251 e. The van der Waals surface area contributed by atoms with Crippen molar-refractivity contribution in [3.63, 3.8) is 0 Å². The van der Waals surface area contributed by atoms with E-state index in [0.717, 1.165) is 16.3 Å². The molecule has 0 aliphatic carbocycles. The molecular formula is C21H20Cl2N4OS. The number of allylic oxidation sites excluding steroid dienone is 1. The topological polar surface area (TPSA) is 59.8 Å². The van der Waals surface area contributed by atoms with Crippen LogP contribution in [0.4, 0.5) is 0 Å². The Morgan fingerprint density at radius 2 is 2.03 bits per heavy atom. The smallest absolute Gasteiger partial charge is 0.251 e. The molecule has 8 heteroatoms. The highest BCUT2D eigenvalue weighted by Gasteiger charge is 2.15. The van der Waals surface area contributed by atoms with Crippen LogP contribution in [0.3, 0.4) is 0 Å². The van der Waals surface area contributed by atoms with Crippen molar-refractivity contribution in [2.75, 3.05) is 0 Å². The van der Waals surface area contributed by atoms with Crippen LogP contribution < -0.4 is 5.32 Å². The zero-order valence-corrected chi connectivity index (χ0v) is 18.2. The van der Waals surface area contributed by atoms with Gasteiger partial charge >= 0.3 is 0 Å². The van der Waals surface area contributed by atoms with Crippen LogP contribution in [-0.4, -0.2) is 20.7 Å². The Labute approximate surface area is 184 Å². The van der Waals surface area contributed by atoms with Crippen LogP contribution in [0.5, 0.6) is 0 Å². The first-order valence-electron chi connectivity index (χ1n) is 8.93. The molecule has 2 aromatic carbocycles. The number of hydrogen-bond acceptors (Lipinski definition) is 4. The van der Waals surface area contributed by atoms with E-state index in [4.69, 9.17) is 23.2 Å². The Morgan fingerprint density at radius 1 is 1.24 bits per heavy atom.